The van der Waals surface area contributed by atoms with Gasteiger partial charge in [0.15, 0.2) is 6.23 Å². The second kappa shape index (κ2) is 12.1. The third-order valence-electron chi connectivity index (χ3n) is 8.94. The Kier molecular flexibility index (Phi) is 8.19. The van der Waals surface area contributed by atoms with Crippen molar-refractivity contribution in [3.05, 3.63) is 118 Å². The molecule has 0 unspecified atom stereocenters. The van der Waals surface area contributed by atoms with Gasteiger partial charge in [0, 0.05) is 18.8 Å². The minimum absolute atomic E-state index is 0.0151. The van der Waals surface area contributed by atoms with Gasteiger partial charge in [0.05, 0.1) is 27.4 Å². The number of aliphatic hydroxyl groups is 1. The summed E-state index contributed by atoms with van der Waals surface area (Å²) in [5, 5.41) is 14.5. The first kappa shape index (κ1) is 31.1. The molecule has 1 aromatic heterocycles. The average molecular weight is 628 g/mol. The molecule has 4 atom stereocenters. The summed E-state index contributed by atoms with van der Waals surface area (Å²) in [4.78, 5) is 31.6. The molecule has 2 aliphatic rings. The largest absolute Gasteiger partial charge is 0.497 e. The highest BCUT2D eigenvalue weighted by atomic mass is 16.6. The van der Waals surface area contributed by atoms with Crippen molar-refractivity contribution in [2.24, 2.45) is 0 Å². The molecule has 12 heteroatoms. The predicted molar refractivity (Wildman–Crippen MR) is 170 cm³/mol. The lowest BCUT2D eigenvalue weighted by molar-refractivity contribution is -0.173. The van der Waals surface area contributed by atoms with Gasteiger partial charge in [-0.2, -0.15) is 4.98 Å². The molecule has 12 nitrogen and oxygen atoms in total. The number of fused-ring (bicyclic) bond motifs is 2. The first-order valence-corrected chi connectivity index (χ1v) is 14.9. The van der Waals surface area contributed by atoms with Crippen molar-refractivity contribution in [1.82, 2.24) is 19.8 Å². The number of morpholine rings is 1. The molecule has 0 aliphatic carbocycles. The fraction of sp³-hybridized carbons (Fsp3) is 0.324. The Hall–Kier alpha value is -4.91. The van der Waals surface area contributed by atoms with E-state index in [9.17, 15) is 14.7 Å². The lowest BCUT2D eigenvalue weighted by Gasteiger charge is -2.41. The smallest absolute Gasteiger partial charge is 0.351 e. The van der Waals surface area contributed by atoms with Crippen LogP contribution in [0.4, 0.5) is 10.6 Å². The van der Waals surface area contributed by atoms with E-state index < -0.39 is 41.3 Å². The van der Waals surface area contributed by atoms with E-state index >= 15 is 0 Å². The molecule has 3 aromatic carbocycles. The van der Waals surface area contributed by atoms with E-state index in [0.717, 1.165) is 16.7 Å². The van der Waals surface area contributed by atoms with Crippen LogP contribution < -0.4 is 26.2 Å². The topological polar surface area (TPSA) is 150 Å². The van der Waals surface area contributed by atoms with E-state index in [-0.39, 0.29) is 19.0 Å². The van der Waals surface area contributed by atoms with Crippen LogP contribution in [0.5, 0.6) is 11.5 Å². The van der Waals surface area contributed by atoms with Gasteiger partial charge < -0.3 is 40.0 Å². The number of likely N-dealkylation sites (tertiary alicyclic amines) is 1. The number of amides is 2. The number of methoxy groups -OCH3 is 2. The molecule has 2 aliphatic heterocycles. The number of carbonyl (C=O) groups is 1. The molecule has 2 bridgehead atoms. The number of aryl methyl sites for hydroxylation is 1. The van der Waals surface area contributed by atoms with Crippen LogP contribution in [0.25, 0.3) is 0 Å². The number of nitrogens with two attached hydrogens (primary N) is 1. The maximum absolute atomic E-state index is 13.1. The van der Waals surface area contributed by atoms with Crippen LogP contribution >= 0.6 is 0 Å². The fourth-order valence-electron chi connectivity index (χ4n) is 6.50. The molecule has 6 rings (SSSR count). The molecule has 46 heavy (non-hydrogen) atoms. The first-order valence-electron chi connectivity index (χ1n) is 14.9. The number of benzene rings is 3. The van der Waals surface area contributed by atoms with Gasteiger partial charge in [0.1, 0.15) is 40.7 Å². The summed E-state index contributed by atoms with van der Waals surface area (Å²) < 4.78 is 25.8. The van der Waals surface area contributed by atoms with Gasteiger partial charge in [-0.1, -0.05) is 54.6 Å². The second-order valence-corrected chi connectivity index (χ2v) is 11.5. The van der Waals surface area contributed by atoms with Crippen molar-refractivity contribution in [3.8, 4) is 11.5 Å². The number of hydrogen-bond acceptors (Lipinski definition) is 9. The number of nitrogens with one attached hydrogen (secondary N) is 1. The standard InChI is InChI=1S/C34H37N5O7/c1-21-18-38(32(42)37-29(21)35)30-27-28(40)33(46-30,19-39(27)31(41)36-2)20-45-34(22-8-6-5-7-9-22,23-10-14-25(43-3)15-11-23)24-12-16-26(44-4)17-13-24/h5-18,27-28,30,40H,19-20H2,1-4H3,(H,36,41)(H2,35,37,42)/t27-,28+,30-,33-/m1/s1. The van der Waals surface area contributed by atoms with Crippen molar-refractivity contribution in [1.29, 1.82) is 0 Å². The second-order valence-electron chi connectivity index (χ2n) is 11.5. The van der Waals surface area contributed by atoms with E-state index in [1.54, 1.807) is 21.1 Å². The number of rotatable bonds is 9. The molecular formula is C34H37N5O7. The molecule has 240 valence electrons. The minimum Gasteiger partial charge on any atom is -0.497 e. The molecule has 2 fully saturated rings. The van der Waals surface area contributed by atoms with Gasteiger partial charge in [-0.3, -0.25) is 4.57 Å². The van der Waals surface area contributed by atoms with Crippen molar-refractivity contribution in [2.75, 3.05) is 40.2 Å². The molecule has 2 amide bonds. The average Bonchev–Trinajstić information content (AvgIpc) is 3.53. The molecule has 0 saturated carbocycles. The first-order chi connectivity index (χ1) is 22.2. The van der Waals surface area contributed by atoms with Crippen LogP contribution in [0.2, 0.25) is 0 Å². The summed E-state index contributed by atoms with van der Waals surface area (Å²) in [5.74, 6) is 1.45. The molecular weight excluding hydrogens is 590 g/mol. The highest BCUT2D eigenvalue weighted by Gasteiger charge is 2.66. The van der Waals surface area contributed by atoms with Gasteiger partial charge >= 0.3 is 11.7 Å². The molecule has 2 saturated heterocycles. The van der Waals surface area contributed by atoms with Crippen molar-refractivity contribution >= 4 is 11.8 Å². The highest BCUT2D eigenvalue weighted by molar-refractivity contribution is 5.75. The Labute approximate surface area is 266 Å². The van der Waals surface area contributed by atoms with Crippen LogP contribution in [0.15, 0.2) is 89.9 Å². The number of urea groups is 1. The Morgan fingerprint density at radius 2 is 1.59 bits per heavy atom. The number of anilines is 1. The number of nitrogens with zero attached hydrogens (tertiary/aromatic N) is 3. The van der Waals surface area contributed by atoms with Crippen LogP contribution in [-0.4, -0.2) is 77.8 Å². The Morgan fingerprint density at radius 1 is 1.02 bits per heavy atom. The Bertz CT molecular complexity index is 1720. The quantitative estimate of drug-likeness (QED) is 0.238. The molecule has 4 aromatic rings. The highest BCUT2D eigenvalue weighted by Crippen LogP contribution is 2.49. The summed E-state index contributed by atoms with van der Waals surface area (Å²) in [6, 6.07) is 23.5. The van der Waals surface area contributed by atoms with Crippen LogP contribution in [0, 0.1) is 6.92 Å². The number of hydrogen-bond donors (Lipinski definition) is 3. The van der Waals surface area contributed by atoms with Crippen LogP contribution in [0.3, 0.4) is 0 Å². The normalized spacial score (nSPS) is 22.1. The monoisotopic (exact) mass is 627 g/mol. The number of carbonyl (C=O) groups excluding carboxylic acids is 1. The van der Waals surface area contributed by atoms with Gasteiger partial charge in [-0.15, -0.1) is 0 Å². The van der Waals surface area contributed by atoms with E-state index in [1.165, 1.54) is 22.7 Å². The summed E-state index contributed by atoms with van der Waals surface area (Å²) in [5.41, 5.74) is 5.57. The maximum atomic E-state index is 13.1. The summed E-state index contributed by atoms with van der Waals surface area (Å²) in [6.07, 6.45) is -0.723. The maximum Gasteiger partial charge on any atom is 0.351 e. The van der Waals surface area contributed by atoms with E-state index in [1.807, 2.05) is 78.9 Å². The van der Waals surface area contributed by atoms with Crippen LogP contribution in [0.1, 0.15) is 28.5 Å². The van der Waals surface area contributed by atoms with E-state index in [0.29, 0.717) is 17.1 Å². The lowest BCUT2D eigenvalue weighted by Crippen LogP contribution is -2.54. The van der Waals surface area contributed by atoms with Crippen molar-refractivity contribution in [2.45, 2.75) is 36.5 Å². The SMILES string of the molecule is CNC(=O)N1C[C@]2(COC(c3ccccc3)(c3ccc(OC)cc3)c3ccc(OC)cc3)O[C@@H](n3cc(C)c(N)nc3=O)[C@H]1[C@@H]2O. The fourth-order valence-corrected chi connectivity index (χ4v) is 6.50. The predicted octanol–water partition coefficient (Wildman–Crippen LogP) is 2.81. The van der Waals surface area contributed by atoms with Gasteiger partial charge in [-0.25, -0.2) is 9.59 Å². The Morgan fingerprint density at radius 3 is 2.13 bits per heavy atom. The zero-order valence-corrected chi connectivity index (χ0v) is 26.0. The third kappa shape index (κ3) is 5.04. The number of aliphatic hydroxyl groups excluding tert-OH is 1. The zero-order valence-electron chi connectivity index (χ0n) is 26.0. The lowest BCUT2D eigenvalue weighted by atomic mass is 9.79. The Balaban J connectivity index is 1.48. The van der Waals surface area contributed by atoms with Gasteiger partial charge in [-0.05, 0) is 47.9 Å². The van der Waals surface area contributed by atoms with Crippen molar-refractivity contribution in [3.63, 3.8) is 0 Å². The molecule has 3 heterocycles. The van der Waals surface area contributed by atoms with E-state index in [4.69, 9.17) is 24.7 Å². The summed E-state index contributed by atoms with van der Waals surface area (Å²) >= 11 is 0. The number of nitrogen functional groups attached to an aromatic ring is 1. The zero-order chi connectivity index (χ0) is 32.6. The van der Waals surface area contributed by atoms with Gasteiger partial charge in [0.2, 0.25) is 0 Å². The summed E-state index contributed by atoms with van der Waals surface area (Å²) in [7, 11) is 4.71. The minimum atomic E-state index is -1.41. The summed E-state index contributed by atoms with van der Waals surface area (Å²) in [6.45, 7) is 1.58. The molecule has 4 N–H and O–H groups in total. The van der Waals surface area contributed by atoms with E-state index in [2.05, 4.69) is 10.3 Å². The number of ether oxygens (including phenoxy) is 4. The molecule has 0 spiro atoms. The number of aromatic nitrogens is 2. The molecule has 0 radical (unpaired) electrons. The third-order valence-corrected chi connectivity index (χ3v) is 8.94. The van der Waals surface area contributed by atoms with Crippen molar-refractivity contribution < 1.29 is 28.8 Å². The van der Waals surface area contributed by atoms with Crippen LogP contribution in [-0.2, 0) is 15.1 Å². The van der Waals surface area contributed by atoms with Gasteiger partial charge in [0.25, 0.3) is 0 Å².